The molecule has 0 atom stereocenters. The number of benzene rings is 1. The highest BCUT2D eigenvalue weighted by Gasteiger charge is 2.07. The number of aryl methyl sites for hydroxylation is 1. The van der Waals surface area contributed by atoms with Crippen molar-refractivity contribution in [1.82, 2.24) is 14.8 Å². The first-order valence-corrected chi connectivity index (χ1v) is 8.84. The molecule has 7 heteroatoms. The number of unbranched alkanes of at least 4 members (excludes halogenated alkanes) is 1. The molecule has 27 heavy (non-hydrogen) atoms. The summed E-state index contributed by atoms with van der Waals surface area (Å²) in [7, 11) is 3.66. The summed E-state index contributed by atoms with van der Waals surface area (Å²) in [5.41, 5.74) is 1.93. The van der Waals surface area contributed by atoms with Crippen LogP contribution in [0.25, 0.3) is 0 Å². The summed E-state index contributed by atoms with van der Waals surface area (Å²) in [5.74, 6) is 0.535. The van der Waals surface area contributed by atoms with Crippen molar-refractivity contribution >= 4 is 29.9 Å². The number of aromatic nitrogens is 1. The van der Waals surface area contributed by atoms with Gasteiger partial charge in [-0.2, -0.15) is 0 Å². The molecule has 5 nitrogen and oxygen atoms in total. The van der Waals surface area contributed by atoms with Crippen LogP contribution in [0.1, 0.15) is 24.1 Å². The Morgan fingerprint density at radius 2 is 1.96 bits per heavy atom. The first kappa shape index (κ1) is 23.1. The van der Waals surface area contributed by atoms with Gasteiger partial charge in [-0.25, -0.2) is 4.39 Å². The number of rotatable bonds is 7. The fourth-order valence-corrected chi connectivity index (χ4v) is 2.87. The molecule has 1 aromatic heterocycles. The predicted molar refractivity (Wildman–Crippen MR) is 119 cm³/mol. The van der Waals surface area contributed by atoms with Gasteiger partial charge in [-0.3, -0.25) is 9.79 Å². The van der Waals surface area contributed by atoms with Crippen molar-refractivity contribution < 1.29 is 4.39 Å². The molecule has 0 aliphatic carbocycles. The molecule has 2 rings (SSSR count). The molecule has 1 N–H and O–H groups in total. The highest BCUT2D eigenvalue weighted by molar-refractivity contribution is 14.0. The van der Waals surface area contributed by atoms with Crippen LogP contribution >= 0.6 is 24.0 Å². The Hall–Kier alpha value is -1.90. The highest BCUT2D eigenvalue weighted by atomic mass is 127. The molecule has 2 aromatic rings. The van der Waals surface area contributed by atoms with E-state index in [1.54, 1.807) is 29.8 Å². The number of hydrogen-bond acceptors (Lipinski definition) is 2. The van der Waals surface area contributed by atoms with Gasteiger partial charge in [0.2, 0.25) is 0 Å². The van der Waals surface area contributed by atoms with Crippen LogP contribution in [-0.2, 0) is 13.1 Å². The van der Waals surface area contributed by atoms with Crippen molar-refractivity contribution in [3.05, 3.63) is 69.9 Å². The van der Waals surface area contributed by atoms with Gasteiger partial charge in [0.1, 0.15) is 5.82 Å². The maximum Gasteiger partial charge on any atom is 0.250 e. The van der Waals surface area contributed by atoms with Crippen molar-refractivity contribution in [3.63, 3.8) is 0 Å². The van der Waals surface area contributed by atoms with Crippen molar-refractivity contribution in [2.45, 2.75) is 32.9 Å². The van der Waals surface area contributed by atoms with E-state index in [1.807, 2.05) is 31.0 Å². The third-order valence-corrected chi connectivity index (χ3v) is 4.24. The minimum Gasteiger partial charge on any atom is -0.356 e. The zero-order valence-electron chi connectivity index (χ0n) is 16.1. The van der Waals surface area contributed by atoms with E-state index in [1.165, 1.54) is 12.1 Å². The number of halogens is 2. The average Bonchev–Trinajstić information content (AvgIpc) is 2.60. The van der Waals surface area contributed by atoms with Crippen molar-refractivity contribution in [3.8, 4) is 0 Å². The first-order valence-electron chi connectivity index (χ1n) is 8.84. The molecule has 0 aliphatic rings. The molecular formula is C20H28FIN4O. The summed E-state index contributed by atoms with van der Waals surface area (Å²) in [6.07, 6.45) is 1.83. The van der Waals surface area contributed by atoms with Crippen LogP contribution in [0.3, 0.4) is 0 Å². The Kier molecular flexibility index (Phi) is 10.1. The van der Waals surface area contributed by atoms with Crippen LogP contribution in [0.4, 0.5) is 4.39 Å². The normalized spacial score (nSPS) is 11.0. The van der Waals surface area contributed by atoms with Crippen molar-refractivity contribution in [2.24, 2.45) is 4.99 Å². The average molecular weight is 486 g/mol. The van der Waals surface area contributed by atoms with Gasteiger partial charge in [0, 0.05) is 45.5 Å². The molecule has 0 radical (unpaired) electrons. The van der Waals surface area contributed by atoms with Gasteiger partial charge in [-0.1, -0.05) is 18.2 Å². The molecule has 1 heterocycles. The summed E-state index contributed by atoms with van der Waals surface area (Å²) in [5, 5.41) is 3.31. The predicted octanol–water partition coefficient (Wildman–Crippen LogP) is 3.40. The van der Waals surface area contributed by atoms with E-state index < -0.39 is 0 Å². The number of guanidine groups is 1. The SMILES string of the molecule is CN=C(NCCCCn1c(C)cccc1=O)N(C)Cc1cccc(F)c1.I. The van der Waals surface area contributed by atoms with E-state index in [2.05, 4.69) is 10.3 Å². The van der Waals surface area contributed by atoms with Gasteiger partial charge in [0.15, 0.2) is 5.96 Å². The topological polar surface area (TPSA) is 49.6 Å². The fourth-order valence-electron chi connectivity index (χ4n) is 2.87. The molecule has 0 amide bonds. The number of nitrogens with zero attached hydrogens (tertiary/aromatic N) is 3. The summed E-state index contributed by atoms with van der Waals surface area (Å²) < 4.78 is 15.1. The second-order valence-electron chi connectivity index (χ2n) is 6.32. The first-order chi connectivity index (χ1) is 12.5. The van der Waals surface area contributed by atoms with E-state index in [0.29, 0.717) is 13.1 Å². The molecule has 0 aliphatic heterocycles. The Labute approximate surface area is 177 Å². The van der Waals surface area contributed by atoms with Gasteiger partial charge in [-0.05, 0) is 43.5 Å². The third-order valence-electron chi connectivity index (χ3n) is 4.24. The van der Waals surface area contributed by atoms with Crippen molar-refractivity contribution in [2.75, 3.05) is 20.6 Å². The van der Waals surface area contributed by atoms with E-state index in [4.69, 9.17) is 0 Å². The largest absolute Gasteiger partial charge is 0.356 e. The smallest absolute Gasteiger partial charge is 0.250 e. The lowest BCUT2D eigenvalue weighted by Crippen LogP contribution is -2.39. The molecule has 0 fully saturated rings. The lowest BCUT2D eigenvalue weighted by Gasteiger charge is -2.22. The second-order valence-corrected chi connectivity index (χ2v) is 6.32. The summed E-state index contributed by atoms with van der Waals surface area (Å²) in [6.45, 7) is 4.00. The second kappa shape index (κ2) is 11.7. The molecule has 0 spiro atoms. The number of aliphatic imine (C=N–C) groups is 1. The van der Waals surface area contributed by atoms with E-state index >= 15 is 0 Å². The van der Waals surface area contributed by atoms with E-state index in [9.17, 15) is 9.18 Å². The molecule has 0 unspecified atom stereocenters. The maximum atomic E-state index is 13.3. The van der Waals surface area contributed by atoms with Crippen LogP contribution in [0, 0.1) is 12.7 Å². The Bertz CT molecular complexity index is 807. The number of nitrogens with one attached hydrogen (secondary N) is 1. The lowest BCUT2D eigenvalue weighted by molar-refractivity contribution is 0.471. The zero-order valence-corrected chi connectivity index (χ0v) is 18.4. The summed E-state index contributed by atoms with van der Waals surface area (Å²) in [6, 6.07) is 11.9. The molecule has 0 saturated heterocycles. The third kappa shape index (κ3) is 7.32. The lowest BCUT2D eigenvalue weighted by atomic mass is 10.2. The van der Waals surface area contributed by atoms with Crippen LogP contribution < -0.4 is 10.9 Å². The minimum atomic E-state index is -0.231. The number of pyridine rings is 1. The maximum absolute atomic E-state index is 13.3. The fraction of sp³-hybridized carbons (Fsp3) is 0.400. The van der Waals surface area contributed by atoms with Crippen LogP contribution in [-0.4, -0.2) is 36.1 Å². The molecule has 1 aromatic carbocycles. The van der Waals surface area contributed by atoms with E-state index in [0.717, 1.165) is 36.6 Å². The summed E-state index contributed by atoms with van der Waals surface area (Å²) >= 11 is 0. The van der Waals surface area contributed by atoms with Gasteiger partial charge in [-0.15, -0.1) is 24.0 Å². The zero-order chi connectivity index (χ0) is 18.9. The van der Waals surface area contributed by atoms with Gasteiger partial charge in [0.05, 0.1) is 0 Å². The standard InChI is InChI=1S/C20H27FN4O.HI/c1-16-8-6-11-19(26)25(16)13-5-4-12-23-20(22-2)24(3)15-17-9-7-10-18(21)14-17;/h6-11,14H,4-5,12-13,15H2,1-3H3,(H,22,23);1H. The highest BCUT2D eigenvalue weighted by Crippen LogP contribution is 2.06. The molecule has 148 valence electrons. The van der Waals surface area contributed by atoms with Gasteiger partial charge < -0.3 is 14.8 Å². The molecule has 0 bridgehead atoms. The Balaban J connectivity index is 0.00000364. The number of hydrogen-bond donors (Lipinski definition) is 1. The van der Waals surface area contributed by atoms with Crippen LogP contribution in [0.2, 0.25) is 0 Å². The Morgan fingerprint density at radius 1 is 1.22 bits per heavy atom. The quantitative estimate of drug-likeness (QED) is 0.283. The monoisotopic (exact) mass is 486 g/mol. The van der Waals surface area contributed by atoms with Crippen LogP contribution in [0.5, 0.6) is 0 Å². The summed E-state index contributed by atoms with van der Waals surface area (Å²) in [4.78, 5) is 18.1. The molecule has 0 saturated carbocycles. The Morgan fingerprint density at radius 3 is 2.63 bits per heavy atom. The van der Waals surface area contributed by atoms with Crippen LogP contribution in [0.15, 0.2) is 52.3 Å². The van der Waals surface area contributed by atoms with Crippen molar-refractivity contribution in [1.29, 1.82) is 0 Å². The van der Waals surface area contributed by atoms with Gasteiger partial charge >= 0.3 is 0 Å². The minimum absolute atomic E-state index is 0. The molecular weight excluding hydrogens is 458 g/mol. The van der Waals surface area contributed by atoms with E-state index in [-0.39, 0.29) is 35.4 Å². The van der Waals surface area contributed by atoms with Gasteiger partial charge in [0.25, 0.3) is 5.56 Å².